The molecule has 126 valence electrons. The van der Waals surface area contributed by atoms with Gasteiger partial charge in [-0.25, -0.2) is 0 Å². The third kappa shape index (κ3) is 3.04. The summed E-state index contributed by atoms with van der Waals surface area (Å²) in [6.07, 6.45) is -1.43. The standard InChI is InChI=1S/C21H16F3N/c22-21(23,24)16-11-9-14(10-12-16)18-13-20(15-5-2-1-3-6-15)25-19-8-4-7-17(18)19/h1-3,5-6,9-13H,4,7-8H2. The molecule has 0 spiro atoms. The SMILES string of the molecule is FC(F)(F)c1ccc(-c2cc(-c3ccccc3)nc3c2CCC3)cc1. The number of rotatable bonds is 2. The summed E-state index contributed by atoms with van der Waals surface area (Å²) in [6.45, 7) is 0. The van der Waals surface area contributed by atoms with E-state index in [0.29, 0.717) is 0 Å². The Balaban J connectivity index is 1.83. The van der Waals surface area contributed by atoms with Crippen LogP contribution in [0.15, 0.2) is 60.7 Å². The highest BCUT2D eigenvalue weighted by Crippen LogP contribution is 2.36. The summed E-state index contributed by atoms with van der Waals surface area (Å²) in [5.74, 6) is 0. The van der Waals surface area contributed by atoms with Gasteiger partial charge in [-0.15, -0.1) is 0 Å². The van der Waals surface area contributed by atoms with Gasteiger partial charge in [0, 0.05) is 11.3 Å². The van der Waals surface area contributed by atoms with Gasteiger partial charge >= 0.3 is 6.18 Å². The van der Waals surface area contributed by atoms with Crippen molar-refractivity contribution in [1.82, 2.24) is 4.98 Å². The van der Waals surface area contributed by atoms with Crippen LogP contribution in [0.4, 0.5) is 13.2 Å². The maximum absolute atomic E-state index is 12.8. The number of nitrogens with zero attached hydrogens (tertiary/aromatic N) is 1. The molecule has 4 rings (SSSR count). The van der Waals surface area contributed by atoms with Crippen LogP contribution in [0.3, 0.4) is 0 Å². The van der Waals surface area contributed by atoms with Crippen molar-refractivity contribution in [2.45, 2.75) is 25.4 Å². The first-order valence-electron chi connectivity index (χ1n) is 8.28. The summed E-state index contributed by atoms with van der Waals surface area (Å²) in [5.41, 5.74) is 5.31. The Kier molecular flexibility index (Phi) is 3.83. The molecule has 1 nitrogen and oxygen atoms in total. The van der Waals surface area contributed by atoms with Crippen molar-refractivity contribution in [2.24, 2.45) is 0 Å². The van der Waals surface area contributed by atoms with Gasteiger partial charge in [0.05, 0.1) is 11.3 Å². The summed E-state index contributed by atoms with van der Waals surface area (Å²) in [5, 5.41) is 0. The van der Waals surface area contributed by atoms with E-state index in [9.17, 15) is 13.2 Å². The summed E-state index contributed by atoms with van der Waals surface area (Å²) in [6, 6.07) is 17.3. The molecule has 0 aliphatic heterocycles. The van der Waals surface area contributed by atoms with E-state index in [4.69, 9.17) is 4.98 Å². The minimum absolute atomic E-state index is 0.620. The molecule has 0 N–H and O–H groups in total. The Labute approximate surface area is 144 Å². The number of hydrogen-bond acceptors (Lipinski definition) is 1. The van der Waals surface area contributed by atoms with Crippen molar-refractivity contribution >= 4 is 0 Å². The lowest BCUT2D eigenvalue weighted by atomic mass is 9.96. The first-order chi connectivity index (χ1) is 12.0. The van der Waals surface area contributed by atoms with Gasteiger partial charge < -0.3 is 0 Å². The molecule has 1 aliphatic rings. The third-order valence-corrected chi connectivity index (χ3v) is 4.64. The highest BCUT2D eigenvalue weighted by atomic mass is 19.4. The van der Waals surface area contributed by atoms with Gasteiger partial charge in [0.2, 0.25) is 0 Å². The molecule has 0 fully saturated rings. The van der Waals surface area contributed by atoms with Crippen LogP contribution in [0, 0.1) is 0 Å². The smallest absolute Gasteiger partial charge is 0.253 e. The van der Waals surface area contributed by atoms with E-state index in [2.05, 4.69) is 0 Å². The fourth-order valence-corrected chi connectivity index (χ4v) is 3.40. The summed E-state index contributed by atoms with van der Waals surface area (Å²) < 4.78 is 38.5. The van der Waals surface area contributed by atoms with Crippen LogP contribution in [-0.2, 0) is 19.0 Å². The van der Waals surface area contributed by atoms with Gasteiger partial charge in [0.15, 0.2) is 0 Å². The molecule has 0 radical (unpaired) electrons. The monoisotopic (exact) mass is 339 g/mol. The van der Waals surface area contributed by atoms with Crippen LogP contribution < -0.4 is 0 Å². The fourth-order valence-electron chi connectivity index (χ4n) is 3.40. The third-order valence-electron chi connectivity index (χ3n) is 4.64. The second-order valence-electron chi connectivity index (χ2n) is 6.27. The minimum Gasteiger partial charge on any atom is -0.253 e. The highest BCUT2D eigenvalue weighted by molar-refractivity contribution is 5.75. The van der Waals surface area contributed by atoms with Crippen LogP contribution in [0.1, 0.15) is 23.2 Å². The molecule has 1 aliphatic carbocycles. The first-order valence-corrected chi connectivity index (χ1v) is 8.28. The van der Waals surface area contributed by atoms with Gasteiger partial charge in [-0.2, -0.15) is 13.2 Å². The van der Waals surface area contributed by atoms with Crippen LogP contribution in [-0.4, -0.2) is 4.98 Å². The Morgan fingerprint density at radius 1 is 0.800 bits per heavy atom. The molecule has 25 heavy (non-hydrogen) atoms. The molecule has 0 saturated carbocycles. The summed E-state index contributed by atoms with van der Waals surface area (Å²) in [4.78, 5) is 4.79. The van der Waals surface area contributed by atoms with Crippen molar-refractivity contribution in [3.8, 4) is 22.4 Å². The molecular formula is C21H16F3N. The minimum atomic E-state index is -4.31. The van der Waals surface area contributed by atoms with Gasteiger partial charge in [-0.05, 0) is 54.2 Å². The number of halogens is 3. The van der Waals surface area contributed by atoms with E-state index in [1.807, 2.05) is 36.4 Å². The first kappa shape index (κ1) is 15.9. The zero-order valence-corrected chi connectivity index (χ0v) is 13.5. The van der Waals surface area contributed by atoms with E-state index in [1.54, 1.807) is 12.1 Å². The van der Waals surface area contributed by atoms with Crippen molar-refractivity contribution in [2.75, 3.05) is 0 Å². The van der Waals surface area contributed by atoms with E-state index >= 15 is 0 Å². The van der Waals surface area contributed by atoms with Gasteiger partial charge in [-0.1, -0.05) is 42.5 Å². The summed E-state index contributed by atoms with van der Waals surface area (Å²) >= 11 is 0. The second kappa shape index (κ2) is 6.03. The number of hydrogen-bond donors (Lipinski definition) is 0. The molecule has 2 aromatic carbocycles. The van der Waals surface area contributed by atoms with Gasteiger partial charge in [0.1, 0.15) is 0 Å². The maximum Gasteiger partial charge on any atom is 0.416 e. The Morgan fingerprint density at radius 3 is 2.20 bits per heavy atom. The van der Waals surface area contributed by atoms with Crippen molar-refractivity contribution in [1.29, 1.82) is 0 Å². The highest BCUT2D eigenvalue weighted by Gasteiger charge is 2.30. The van der Waals surface area contributed by atoms with Crippen molar-refractivity contribution < 1.29 is 13.2 Å². The number of pyridine rings is 1. The van der Waals surface area contributed by atoms with Gasteiger partial charge in [-0.3, -0.25) is 4.98 Å². The van der Waals surface area contributed by atoms with Crippen LogP contribution in [0.5, 0.6) is 0 Å². The average molecular weight is 339 g/mol. The molecule has 0 unspecified atom stereocenters. The normalized spacial score (nSPS) is 13.7. The molecule has 1 aromatic heterocycles. The number of aryl methyl sites for hydroxylation is 1. The largest absolute Gasteiger partial charge is 0.416 e. The quantitative estimate of drug-likeness (QED) is 0.564. The molecule has 3 aromatic rings. The lowest BCUT2D eigenvalue weighted by Crippen LogP contribution is -2.04. The van der Waals surface area contributed by atoms with Crippen LogP contribution >= 0.6 is 0 Å². The van der Waals surface area contributed by atoms with E-state index in [-0.39, 0.29) is 0 Å². The predicted octanol–water partition coefficient (Wildman–Crippen LogP) is 5.92. The van der Waals surface area contributed by atoms with Crippen LogP contribution in [0.25, 0.3) is 22.4 Å². The topological polar surface area (TPSA) is 12.9 Å². The predicted molar refractivity (Wildman–Crippen MR) is 92.1 cm³/mol. The van der Waals surface area contributed by atoms with Crippen molar-refractivity contribution in [3.05, 3.63) is 77.5 Å². The molecule has 1 heterocycles. The fraction of sp³-hybridized carbons (Fsp3) is 0.190. The van der Waals surface area contributed by atoms with E-state index in [1.165, 1.54) is 5.56 Å². The number of aromatic nitrogens is 1. The lowest BCUT2D eigenvalue weighted by molar-refractivity contribution is -0.137. The second-order valence-corrected chi connectivity index (χ2v) is 6.27. The Hall–Kier alpha value is -2.62. The molecule has 0 amide bonds. The van der Waals surface area contributed by atoms with Crippen molar-refractivity contribution in [3.63, 3.8) is 0 Å². The number of benzene rings is 2. The van der Waals surface area contributed by atoms with Gasteiger partial charge in [0.25, 0.3) is 0 Å². The zero-order valence-electron chi connectivity index (χ0n) is 13.5. The Bertz CT molecular complexity index is 897. The zero-order chi connectivity index (χ0) is 17.4. The summed E-state index contributed by atoms with van der Waals surface area (Å²) in [7, 11) is 0. The average Bonchev–Trinajstić information content (AvgIpc) is 3.09. The number of fused-ring (bicyclic) bond motifs is 1. The molecular weight excluding hydrogens is 323 g/mol. The van der Waals surface area contributed by atoms with E-state index < -0.39 is 11.7 Å². The molecule has 0 bridgehead atoms. The molecule has 4 heteroatoms. The molecule has 0 saturated heterocycles. The maximum atomic E-state index is 12.8. The lowest BCUT2D eigenvalue weighted by Gasteiger charge is -2.13. The molecule has 0 atom stereocenters. The Morgan fingerprint density at radius 2 is 1.52 bits per heavy atom. The van der Waals surface area contributed by atoms with E-state index in [0.717, 1.165) is 59.5 Å². The number of alkyl halides is 3. The van der Waals surface area contributed by atoms with Crippen LogP contribution in [0.2, 0.25) is 0 Å².